The molecule has 1 aliphatic heterocycles. The summed E-state index contributed by atoms with van der Waals surface area (Å²) in [6, 6.07) is 9.43. The zero-order valence-corrected chi connectivity index (χ0v) is 9.61. The molecule has 17 heavy (non-hydrogen) atoms. The number of piperidine rings is 1. The Hall–Kier alpha value is -1.61. The van der Waals surface area contributed by atoms with Gasteiger partial charge in [0.05, 0.1) is 0 Å². The molecule has 0 saturated carbocycles. The first-order valence-electron chi connectivity index (χ1n) is 6.08. The van der Waals surface area contributed by atoms with Crippen molar-refractivity contribution in [2.24, 2.45) is 0 Å². The Kier molecular flexibility index (Phi) is 2.69. The molecule has 0 aliphatic carbocycles. The van der Waals surface area contributed by atoms with Crippen molar-refractivity contribution in [2.45, 2.75) is 18.8 Å². The first kappa shape index (κ1) is 10.5. The molecule has 0 bridgehead atoms. The molecule has 2 heterocycles. The molecule has 1 saturated heterocycles. The number of rotatable bonds is 1. The molecule has 0 spiro atoms. The molecule has 1 N–H and O–H groups in total. The molecule has 1 aromatic heterocycles. The second kappa shape index (κ2) is 4.34. The van der Waals surface area contributed by atoms with Crippen LogP contribution in [0.1, 0.15) is 24.3 Å². The van der Waals surface area contributed by atoms with Crippen molar-refractivity contribution >= 4 is 11.0 Å². The summed E-state index contributed by atoms with van der Waals surface area (Å²) in [6.07, 6.45) is 2.22. The highest BCUT2D eigenvalue weighted by Crippen LogP contribution is 2.30. The Bertz CT molecular complexity index is 582. The molecule has 0 radical (unpaired) electrons. The van der Waals surface area contributed by atoms with Gasteiger partial charge in [-0.2, -0.15) is 0 Å². The predicted molar refractivity (Wildman–Crippen MR) is 67.3 cm³/mol. The number of fused-ring (bicyclic) bond motifs is 1. The zero-order valence-electron chi connectivity index (χ0n) is 9.61. The van der Waals surface area contributed by atoms with Crippen LogP contribution in [0.3, 0.4) is 0 Å². The van der Waals surface area contributed by atoms with E-state index in [0.29, 0.717) is 5.92 Å². The second-order valence-corrected chi connectivity index (χ2v) is 4.54. The van der Waals surface area contributed by atoms with Crippen LogP contribution in [-0.2, 0) is 0 Å². The van der Waals surface area contributed by atoms with Gasteiger partial charge in [-0.25, -0.2) is 4.79 Å². The van der Waals surface area contributed by atoms with E-state index in [9.17, 15) is 4.79 Å². The fourth-order valence-electron chi connectivity index (χ4n) is 2.57. The minimum atomic E-state index is -0.265. The van der Waals surface area contributed by atoms with Crippen molar-refractivity contribution in [1.82, 2.24) is 5.32 Å². The summed E-state index contributed by atoms with van der Waals surface area (Å²) in [5, 5.41) is 4.37. The van der Waals surface area contributed by atoms with E-state index in [-0.39, 0.29) is 5.63 Å². The molecule has 0 amide bonds. The van der Waals surface area contributed by atoms with E-state index in [1.54, 1.807) is 0 Å². The standard InChI is InChI=1S/C14H15NO2/c16-13-5-4-11-2-1-3-12(14(11)17-13)10-6-8-15-9-7-10/h1-5,10,15H,6-9H2. The van der Waals surface area contributed by atoms with Gasteiger partial charge < -0.3 is 9.73 Å². The number of benzene rings is 1. The smallest absolute Gasteiger partial charge is 0.336 e. The number of para-hydroxylation sites is 1. The van der Waals surface area contributed by atoms with Gasteiger partial charge in [0.1, 0.15) is 5.58 Å². The van der Waals surface area contributed by atoms with Gasteiger partial charge in [0.25, 0.3) is 0 Å². The zero-order chi connectivity index (χ0) is 11.7. The Morgan fingerprint density at radius 2 is 1.94 bits per heavy atom. The molecule has 1 aromatic carbocycles. The molecular weight excluding hydrogens is 214 g/mol. The van der Waals surface area contributed by atoms with Gasteiger partial charge in [0.15, 0.2) is 0 Å². The van der Waals surface area contributed by atoms with Crippen molar-refractivity contribution in [3.05, 3.63) is 46.3 Å². The average molecular weight is 229 g/mol. The third-order valence-corrected chi connectivity index (χ3v) is 3.46. The first-order valence-corrected chi connectivity index (χ1v) is 6.08. The van der Waals surface area contributed by atoms with E-state index in [2.05, 4.69) is 11.4 Å². The Balaban J connectivity index is 2.14. The average Bonchev–Trinajstić information content (AvgIpc) is 2.39. The Morgan fingerprint density at radius 1 is 1.12 bits per heavy atom. The molecular formula is C14H15NO2. The third kappa shape index (κ3) is 1.98. The Morgan fingerprint density at radius 3 is 2.76 bits per heavy atom. The van der Waals surface area contributed by atoms with Crippen molar-refractivity contribution in [3.8, 4) is 0 Å². The summed E-state index contributed by atoms with van der Waals surface area (Å²) < 4.78 is 5.37. The summed E-state index contributed by atoms with van der Waals surface area (Å²) in [7, 11) is 0. The molecule has 3 rings (SSSR count). The third-order valence-electron chi connectivity index (χ3n) is 3.46. The molecule has 3 nitrogen and oxygen atoms in total. The summed E-state index contributed by atoms with van der Waals surface area (Å²) in [6.45, 7) is 2.08. The van der Waals surface area contributed by atoms with Crippen LogP contribution in [0, 0.1) is 0 Å². The van der Waals surface area contributed by atoms with Crippen molar-refractivity contribution in [2.75, 3.05) is 13.1 Å². The van der Waals surface area contributed by atoms with Crippen LogP contribution in [-0.4, -0.2) is 13.1 Å². The highest BCUT2D eigenvalue weighted by molar-refractivity contribution is 5.80. The molecule has 3 heteroatoms. The van der Waals surface area contributed by atoms with Crippen LogP contribution in [0.25, 0.3) is 11.0 Å². The Labute approximate surface area is 99.4 Å². The number of hydrogen-bond donors (Lipinski definition) is 1. The van der Waals surface area contributed by atoms with E-state index in [0.717, 1.165) is 36.9 Å². The summed E-state index contributed by atoms with van der Waals surface area (Å²) in [5.74, 6) is 0.505. The quantitative estimate of drug-likeness (QED) is 0.763. The van der Waals surface area contributed by atoms with Crippen molar-refractivity contribution in [1.29, 1.82) is 0 Å². The van der Waals surface area contributed by atoms with Gasteiger partial charge in [-0.1, -0.05) is 18.2 Å². The van der Waals surface area contributed by atoms with Crippen LogP contribution in [0.4, 0.5) is 0 Å². The molecule has 88 valence electrons. The molecule has 2 aromatic rings. The van der Waals surface area contributed by atoms with Gasteiger partial charge in [0.2, 0.25) is 0 Å². The summed E-state index contributed by atoms with van der Waals surface area (Å²) in [5.41, 5.74) is 1.69. The fourth-order valence-corrected chi connectivity index (χ4v) is 2.57. The first-order chi connectivity index (χ1) is 8.34. The van der Waals surface area contributed by atoms with E-state index >= 15 is 0 Å². The minimum Gasteiger partial charge on any atom is -0.422 e. The van der Waals surface area contributed by atoms with Gasteiger partial charge in [-0.3, -0.25) is 0 Å². The van der Waals surface area contributed by atoms with Crippen LogP contribution in [0.2, 0.25) is 0 Å². The van der Waals surface area contributed by atoms with Crippen molar-refractivity contribution < 1.29 is 4.42 Å². The maximum atomic E-state index is 11.3. The van der Waals surface area contributed by atoms with Gasteiger partial charge in [0, 0.05) is 11.5 Å². The second-order valence-electron chi connectivity index (χ2n) is 4.54. The SMILES string of the molecule is O=c1ccc2cccc(C3CCNCC3)c2o1. The highest BCUT2D eigenvalue weighted by atomic mass is 16.4. The summed E-state index contributed by atoms with van der Waals surface area (Å²) >= 11 is 0. The topological polar surface area (TPSA) is 42.2 Å². The monoisotopic (exact) mass is 229 g/mol. The maximum absolute atomic E-state index is 11.3. The largest absolute Gasteiger partial charge is 0.422 e. The molecule has 1 fully saturated rings. The predicted octanol–water partition coefficient (Wildman–Crippen LogP) is 2.26. The molecule has 0 unspecified atom stereocenters. The lowest BCUT2D eigenvalue weighted by Gasteiger charge is -2.23. The fraction of sp³-hybridized carbons (Fsp3) is 0.357. The lowest BCUT2D eigenvalue weighted by molar-refractivity contribution is 0.455. The van der Waals surface area contributed by atoms with Crippen molar-refractivity contribution in [3.63, 3.8) is 0 Å². The van der Waals surface area contributed by atoms with Crippen LogP contribution < -0.4 is 10.9 Å². The van der Waals surface area contributed by atoms with Crippen LogP contribution >= 0.6 is 0 Å². The summed E-state index contributed by atoms with van der Waals surface area (Å²) in [4.78, 5) is 11.3. The van der Waals surface area contributed by atoms with Gasteiger partial charge in [-0.05, 0) is 43.5 Å². The normalized spacial score (nSPS) is 17.4. The van der Waals surface area contributed by atoms with Crippen LogP contribution in [0.5, 0.6) is 0 Å². The molecule has 0 atom stereocenters. The lowest BCUT2D eigenvalue weighted by atomic mass is 9.89. The maximum Gasteiger partial charge on any atom is 0.336 e. The van der Waals surface area contributed by atoms with Crippen LogP contribution in [0.15, 0.2) is 39.5 Å². The van der Waals surface area contributed by atoms with E-state index < -0.39 is 0 Å². The van der Waals surface area contributed by atoms with E-state index in [4.69, 9.17) is 4.42 Å². The van der Waals surface area contributed by atoms with E-state index in [1.807, 2.05) is 18.2 Å². The van der Waals surface area contributed by atoms with Gasteiger partial charge in [-0.15, -0.1) is 0 Å². The van der Waals surface area contributed by atoms with Gasteiger partial charge >= 0.3 is 5.63 Å². The lowest BCUT2D eigenvalue weighted by Crippen LogP contribution is -2.26. The molecule has 1 aliphatic rings. The highest BCUT2D eigenvalue weighted by Gasteiger charge is 2.18. The minimum absolute atomic E-state index is 0.265. The number of hydrogen-bond acceptors (Lipinski definition) is 3. The van der Waals surface area contributed by atoms with E-state index in [1.165, 1.54) is 11.6 Å². The number of nitrogens with one attached hydrogen (secondary N) is 1.